The van der Waals surface area contributed by atoms with Crippen LogP contribution in [0.1, 0.15) is 51.0 Å². The molecule has 2 N–H and O–H groups in total. The zero-order chi connectivity index (χ0) is 14.5. The fraction of sp³-hybridized carbons (Fsp3) is 0.688. The molecule has 0 amide bonds. The van der Waals surface area contributed by atoms with E-state index < -0.39 is 6.04 Å². The molecule has 3 nitrogen and oxygen atoms in total. The van der Waals surface area contributed by atoms with E-state index in [0.29, 0.717) is 5.92 Å². The summed E-state index contributed by atoms with van der Waals surface area (Å²) in [6, 6.07) is 3.17. The molecule has 0 aliphatic heterocycles. The van der Waals surface area contributed by atoms with Crippen LogP contribution in [-0.4, -0.2) is 12.1 Å². The molecule has 0 saturated heterocycles. The number of thiophene rings is 1. The lowest BCUT2D eigenvalue weighted by Gasteiger charge is -2.38. The predicted octanol–water partition coefficient (Wildman–Crippen LogP) is 3.51. The highest BCUT2D eigenvalue weighted by molar-refractivity contribution is 7.10. The molecule has 2 saturated carbocycles. The maximum absolute atomic E-state index is 12.3. The van der Waals surface area contributed by atoms with Crippen LogP contribution in [0.3, 0.4) is 0 Å². The van der Waals surface area contributed by atoms with Gasteiger partial charge in [0.2, 0.25) is 0 Å². The Morgan fingerprint density at radius 3 is 2.75 bits per heavy atom. The third-order valence-corrected chi connectivity index (χ3v) is 7.03. The SMILES string of the molecule is CC1(C)C2CCC1(C)C(OC(=O)C(N)c1cccs1)C2. The molecular weight excluding hydrogens is 270 g/mol. The van der Waals surface area contributed by atoms with Gasteiger partial charge in [-0.05, 0) is 42.0 Å². The molecule has 2 fully saturated rings. The van der Waals surface area contributed by atoms with Crippen molar-refractivity contribution in [3.8, 4) is 0 Å². The summed E-state index contributed by atoms with van der Waals surface area (Å²) in [5.41, 5.74) is 6.36. The number of ether oxygens (including phenoxy) is 1. The third-order valence-electron chi connectivity index (χ3n) is 6.08. The van der Waals surface area contributed by atoms with Crippen molar-refractivity contribution in [3.05, 3.63) is 22.4 Å². The monoisotopic (exact) mass is 293 g/mol. The maximum Gasteiger partial charge on any atom is 0.328 e. The molecule has 1 heterocycles. The van der Waals surface area contributed by atoms with Crippen molar-refractivity contribution in [2.75, 3.05) is 0 Å². The van der Waals surface area contributed by atoms with E-state index in [1.54, 1.807) is 0 Å². The molecule has 0 aromatic carbocycles. The van der Waals surface area contributed by atoms with Crippen LogP contribution in [0.5, 0.6) is 0 Å². The van der Waals surface area contributed by atoms with Crippen molar-refractivity contribution in [1.29, 1.82) is 0 Å². The summed E-state index contributed by atoms with van der Waals surface area (Å²) in [7, 11) is 0. The van der Waals surface area contributed by atoms with E-state index in [0.717, 1.165) is 17.7 Å². The van der Waals surface area contributed by atoms with Crippen LogP contribution >= 0.6 is 11.3 Å². The highest BCUT2D eigenvalue weighted by Gasteiger charge is 2.62. The minimum atomic E-state index is -0.638. The largest absolute Gasteiger partial charge is 0.460 e. The summed E-state index contributed by atoms with van der Waals surface area (Å²) in [5.74, 6) is 0.394. The maximum atomic E-state index is 12.3. The number of carbonyl (C=O) groups excluding carboxylic acids is 1. The summed E-state index contributed by atoms with van der Waals surface area (Å²) >= 11 is 1.51. The highest BCUT2D eigenvalue weighted by atomic mass is 32.1. The van der Waals surface area contributed by atoms with Crippen LogP contribution in [-0.2, 0) is 9.53 Å². The molecule has 2 aliphatic rings. The van der Waals surface area contributed by atoms with E-state index in [-0.39, 0.29) is 22.9 Å². The van der Waals surface area contributed by atoms with Gasteiger partial charge >= 0.3 is 5.97 Å². The Balaban J connectivity index is 1.72. The van der Waals surface area contributed by atoms with Gasteiger partial charge in [0.25, 0.3) is 0 Å². The Bertz CT molecular complexity index is 511. The number of fused-ring (bicyclic) bond motifs is 2. The first-order valence-corrected chi connectivity index (χ1v) is 8.24. The Morgan fingerprint density at radius 2 is 2.25 bits per heavy atom. The van der Waals surface area contributed by atoms with Crippen molar-refractivity contribution in [2.45, 2.75) is 52.2 Å². The molecule has 2 aliphatic carbocycles. The van der Waals surface area contributed by atoms with Crippen LogP contribution in [0.4, 0.5) is 0 Å². The number of esters is 1. The van der Waals surface area contributed by atoms with Crippen molar-refractivity contribution in [3.63, 3.8) is 0 Å². The number of hydrogen-bond acceptors (Lipinski definition) is 4. The van der Waals surface area contributed by atoms with Gasteiger partial charge in [-0.2, -0.15) is 0 Å². The molecule has 4 atom stereocenters. The van der Waals surface area contributed by atoms with Gasteiger partial charge in [0.15, 0.2) is 0 Å². The van der Waals surface area contributed by atoms with Gasteiger partial charge < -0.3 is 10.5 Å². The average Bonchev–Trinajstić information content (AvgIpc) is 3.04. The van der Waals surface area contributed by atoms with Crippen molar-refractivity contribution < 1.29 is 9.53 Å². The van der Waals surface area contributed by atoms with E-state index in [4.69, 9.17) is 10.5 Å². The molecule has 1 aromatic rings. The minimum Gasteiger partial charge on any atom is -0.460 e. The van der Waals surface area contributed by atoms with Crippen LogP contribution in [0.25, 0.3) is 0 Å². The minimum absolute atomic E-state index is 0.0229. The molecule has 1 aromatic heterocycles. The highest BCUT2D eigenvalue weighted by Crippen LogP contribution is 2.66. The van der Waals surface area contributed by atoms with E-state index in [1.807, 2.05) is 17.5 Å². The van der Waals surface area contributed by atoms with Gasteiger partial charge in [-0.25, -0.2) is 4.79 Å². The first-order valence-electron chi connectivity index (χ1n) is 7.36. The average molecular weight is 293 g/mol. The van der Waals surface area contributed by atoms with Crippen molar-refractivity contribution in [2.24, 2.45) is 22.5 Å². The summed E-state index contributed by atoms with van der Waals surface area (Å²) in [5, 5.41) is 1.93. The molecule has 4 heteroatoms. The zero-order valence-corrected chi connectivity index (χ0v) is 13.2. The summed E-state index contributed by atoms with van der Waals surface area (Å²) in [4.78, 5) is 13.2. The normalized spacial score (nSPS) is 36.0. The van der Waals surface area contributed by atoms with Crippen LogP contribution < -0.4 is 5.73 Å². The van der Waals surface area contributed by atoms with Gasteiger partial charge in [-0.1, -0.05) is 26.8 Å². The molecule has 2 bridgehead atoms. The smallest absolute Gasteiger partial charge is 0.328 e. The zero-order valence-electron chi connectivity index (χ0n) is 12.4. The Kier molecular flexibility index (Phi) is 3.22. The first-order chi connectivity index (χ1) is 9.36. The van der Waals surface area contributed by atoms with Gasteiger partial charge in [0.05, 0.1) is 0 Å². The lowest BCUT2D eigenvalue weighted by atomic mass is 9.70. The van der Waals surface area contributed by atoms with E-state index in [2.05, 4.69) is 20.8 Å². The van der Waals surface area contributed by atoms with Crippen LogP contribution in [0, 0.1) is 16.7 Å². The first kappa shape index (κ1) is 14.1. The molecule has 4 unspecified atom stereocenters. The third kappa shape index (κ3) is 1.85. The standard InChI is InChI=1S/C16H23NO2S/c1-15(2)10-6-7-16(15,3)12(9-10)19-14(18)13(17)11-5-4-8-20-11/h4-5,8,10,12-13H,6-7,9,17H2,1-3H3. The Labute approximate surface area is 124 Å². The number of nitrogens with two attached hydrogens (primary N) is 1. The van der Waals surface area contributed by atoms with E-state index in [9.17, 15) is 4.79 Å². The van der Waals surface area contributed by atoms with Gasteiger partial charge in [-0.15, -0.1) is 11.3 Å². The summed E-state index contributed by atoms with van der Waals surface area (Å²) in [6.45, 7) is 6.91. The van der Waals surface area contributed by atoms with Gasteiger partial charge in [0.1, 0.15) is 12.1 Å². The lowest BCUT2D eigenvalue weighted by Crippen LogP contribution is -2.40. The molecule has 20 heavy (non-hydrogen) atoms. The second-order valence-corrected chi connectivity index (χ2v) is 8.01. The fourth-order valence-corrected chi connectivity index (χ4v) is 4.82. The molecule has 0 spiro atoms. The molecule has 3 rings (SSSR count). The van der Waals surface area contributed by atoms with E-state index >= 15 is 0 Å². The summed E-state index contributed by atoms with van der Waals surface area (Å²) < 4.78 is 5.81. The fourth-order valence-electron chi connectivity index (χ4n) is 4.11. The Hall–Kier alpha value is -0.870. The molecule has 0 radical (unpaired) electrons. The predicted molar refractivity (Wildman–Crippen MR) is 80.4 cm³/mol. The van der Waals surface area contributed by atoms with Crippen LogP contribution in [0.2, 0.25) is 0 Å². The second kappa shape index (κ2) is 4.57. The number of rotatable bonds is 3. The second-order valence-electron chi connectivity index (χ2n) is 7.03. The van der Waals surface area contributed by atoms with Gasteiger partial charge in [0, 0.05) is 10.3 Å². The molecule has 110 valence electrons. The lowest BCUT2D eigenvalue weighted by molar-refractivity contribution is -0.158. The van der Waals surface area contributed by atoms with Crippen molar-refractivity contribution in [1.82, 2.24) is 0 Å². The number of carbonyl (C=O) groups is 1. The number of hydrogen-bond donors (Lipinski definition) is 1. The van der Waals surface area contributed by atoms with Crippen LogP contribution in [0.15, 0.2) is 17.5 Å². The van der Waals surface area contributed by atoms with Crippen molar-refractivity contribution >= 4 is 17.3 Å². The van der Waals surface area contributed by atoms with E-state index in [1.165, 1.54) is 17.8 Å². The Morgan fingerprint density at radius 1 is 1.50 bits per heavy atom. The summed E-state index contributed by atoms with van der Waals surface area (Å²) in [6.07, 6.45) is 3.42. The van der Waals surface area contributed by atoms with Gasteiger partial charge in [-0.3, -0.25) is 0 Å². The molecular formula is C16H23NO2S. The quantitative estimate of drug-likeness (QED) is 0.868. The topological polar surface area (TPSA) is 52.3 Å².